The maximum Gasteiger partial charge on any atom is 0.255 e. The van der Waals surface area contributed by atoms with Gasteiger partial charge in [0, 0.05) is 22.5 Å². The zero-order chi connectivity index (χ0) is 23.9. The molecule has 4 nitrogen and oxygen atoms in total. The normalized spacial score (nSPS) is 10.5. The Labute approximate surface area is 200 Å². The van der Waals surface area contributed by atoms with Gasteiger partial charge in [0.25, 0.3) is 11.8 Å². The van der Waals surface area contributed by atoms with Gasteiger partial charge in [-0.05, 0) is 85.3 Å². The summed E-state index contributed by atoms with van der Waals surface area (Å²) in [7, 11) is 0. The van der Waals surface area contributed by atoms with E-state index in [1.54, 1.807) is 0 Å². The maximum atomic E-state index is 12.5. The van der Waals surface area contributed by atoms with E-state index in [4.69, 9.17) is 0 Å². The molecule has 0 radical (unpaired) electrons. The summed E-state index contributed by atoms with van der Waals surface area (Å²) in [6.07, 6.45) is 1.78. The SMILES string of the molecule is Cc1ccccc1C(=O)Nc1ccc(CCc2ccc(NC(=O)c3ccccc3C)cc2)cc1. The highest BCUT2D eigenvalue weighted by atomic mass is 16.2. The van der Waals surface area contributed by atoms with E-state index >= 15 is 0 Å². The standard InChI is InChI=1S/C30H28N2O2/c1-21-7-3-5-9-27(21)29(33)31-25-17-13-23(14-18-25)11-12-24-15-19-26(20-16-24)32-30(34)28-10-6-4-8-22(28)2/h3-10,13-20H,11-12H2,1-2H3,(H,31,33)(H,32,34). The molecule has 4 heteroatoms. The van der Waals surface area contributed by atoms with Crippen molar-refractivity contribution in [3.8, 4) is 0 Å². The number of nitrogens with one attached hydrogen (secondary N) is 2. The van der Waals surface area contributed by atoms with Crippen molar-refractivity contribution in [3.05, 3.63) is 130 Å². The fourth-order valence-electron chi connectivity index (χ4n) is 3.85. The van der Waals surface area contributed by atoms with E-state index in [-0.39, 0.29) is 11.8 Å². The Balaban J connectivity index is 1.30. The number of hydrogen-bond acceptors (Lipinski definition) is 2. The van der Waals surface area contributed by atoms with Gasteiger partial charge in [-0.2, -0.15) is 0 Å². The average molecular weight is 449 g/mol. The van der Waals surface area contributed by atoms with Crippen molar-refractivity contribution in [2.75, 3.05) is 10.6 Å². The summed E-state index contributed by atoms with van der Waals surface area (Å²) in [6, 6.07) is 31.1. The van der Waals surface area contributed by atoms with Crippen LogP contribution in [0.25, 0.3) is 0 Å². The predicted octanol–water partition coefficient (Wildman–Crippen LogP) is 6.59. The highest BCUT2D eigenvalue weighted by Gasteiger charge is 2.09. The van der Waals surface area contributed by atoms with Crippen LogP contribution in [0.4, 0.5) is 11.4 Å². The molecule has 0 aromatic heterocycles. The molecule has 0 bridgehead atoms. The summed E-state index contributed by atoms with van der Waals surface area (Å²) >= 11 is 0. The number of carbonyl (C=O) groups excluding carboxylic acids is 2. The van der Waals surface area contributed by atoms with Crippen molar-refractivity contribution in [2.24, 2.45) is 0 Å². The second-order valence-corrected chi connectivity index (χ2v) is 8.43. The number of amides is 2. The van der Waals surface area contributed by atoms with Gasteiger partial charge < -0.3 is 10.6 Å². The summed E-state index contributed by atoms with van der Waals surface area (Å²) in [4.78, 5) is 25.0. The number of carbonyl (C=O) groups is 2. The number of aryl methyl sites for hydroxylation is 4. The third-order valence-electron chi connectivity index (χ3n) is 5.91. The number of hydrogen-bond donors (Lipinski definition) is 2. The fourth-order valence-corrected chi connectivity index (χ4v) is 3.85. The van der Waals surface area contributed by atoms with Crippen LogP contribution in [0.3, 0.4) is 0 Å². The van der Waals surface area contributed by atoms with E-state index < -0.39 is 0 Å². The fraction of sp³-hybridized carbons (Fsp3) is 0.133. The molecule has 0 saturated carbocycles. The topological polar surface area (TPSA) is 58.2 Å². The van der Waals surface area contributed by atoms with Crippen molar-refractivity contribution in [3.63, 3.8) is 0 Å². The van der Waals surface area contributed by atoms with Crippen LogP contribution in [0, 0.1) is 13.8 Å². The van der Waals surface area contributed by atoms with Gasteiger partial charge in [0.1, 0.15) is 0 Å². The molecule has 34 heavy (non-hydrogen) atoms. The minimum absolute atomic E-state index is 0.0968. The minimum Gasteiger partial charge on any atom is -0.322 e. The molecule has 4 rings (SSSR count). The molecule has 2 amide bonds. The smallest absolute Gasteiger partial charge is 0.255 e. The lowest BCUT2D eigenvalue weighted by molar-refractivity contribution is 0.101. The van der Waals surface area contributed by atoms with Gasteiger partial charge in [-0.3, -0.25) is 9.59 Å². The summed E-state index contributed by atoms with van der Waals surface area (Å²) in [5.74, 6) is -0.194. The van der Waals surface area contributed by atoms with Crippen LogP contribution in [0.15, 0.2) is 97.1 Å². The Bertz CT molecular complexity index is 1190. The maximum absolute atomic E-state index is 12.5. The first-order valence-electron chi connectivity index (χ1n) is 11.4. The molecular formula is C30H28N2O2. The van der Waals surface area contributed by atoms with Crippen molar-refractivity contribution in [1.29, 1.82) is 0 Å². The first-order valence-corrected chi connectivity index (χ1v) is 11.4. The lowest BCUT2D eigenvalue weighted by Gasteiger charge is -2.09. The van der Waals surface area contributed by atoms with E-state index in [0.717, 1.165) is 35.3 Å². The monoisotopic (exact) mass is 448 g/mol. The number of rotatable bonds is 7. The molecule has 4 aromatic carbocycles. The van der Waals surface area contributed by atoms with Gasteiger partial charge in [-0.25, -0.2) is 0 Å². The van der Waals surface area contributed by atoms with Crippen LogP contribution in [-0.2, 0) is 12.8 Å². The number of anilines is 2. The molecule has 0 unspecified atom stereocenters. The third-order valence-corrected chi connectivity index (χ3v) is 5.91. The van der Waals surface area contributed by atoms with E-state index in [1.165, 1.54) is 11.1 Å². The zero-order valence-corrected chi connectivity index (χ0v) is 19.5. The molecular weight excluding hydrogens is 420 g/mol. The van der Waals surface area contributed by atoms with Gasteiger partial charge in [0.2, 0.25) is 0 Å². The van der Waals surface area contributed by atoms with Gasteiger partial charge >= 0.3 is 0 Å². The first kappa shape index (κ1) is 23.0. The third kappa shape index (κ3) is 5.78. The highest BCUT2D eigenvalue weighted by Crippen LogP contribution is 2.17. The van der Waals surface area contributed by atoms with Gasteiger partial charge in [0.15, 0.2) is 0 Å². The molecule has 0 heterocycles. The molecule has 0 spiro atoms. The number of benzene rings is 4. The van der Waals surface area contributed by atoms with E-state index in [1.807, 2.05) is 111 Å². The highest BCUT2D eigenvalue weighted by molar-refractivity contribution is 6.05. The van der Waals surface area contributed by atoms with Crippen LogP contribution in [-0.4, -0.2) is 11.8 Å². The van der Waals surface area contributed by atoms with Crippen LogP contribution in [0.5, 0.6) is 0 Å². The Morgan fingerprint density at radius 3 is 1.24 bits per heavy atom. The minimum atomic E-state index is -0.0968. The molecule has 170 valence electrons. The molecule has 0 aliphatic heterocycles. The van der Waals surface area contributed by atoms with Crippen molar-refractivity contribution >= 4 is 23.2 Å². The second kappa shape index (κ2) is 10.6. The van der Waals surface area contributed by atoms with Crippen LogP contribution in [0.2, 0.25) is 0 Å². The molecule has 0 aliphatic carbocycles. The molecule has 0 atom stereocenters. The second-order valence-electron chi connectivity index (χ2n) is 8.43. The van der Waals surface area contributed by atoms with Crippen molar-refractivity contribution in [2.45, 2.75) is 26.7 Å². The Hall–Kier alpha value is -4.18. The van der Waals surface area contributed by atoms with Gasteiger partial charge in [-0.1, -0.05) is 60.7 Å². The Morgan fingerprint density at radius 2 is 0.882 bits per heavy atom. The zero-order valence-electron chi connectivity index (χ0n) is 19.5. The van der Waals surface area contributed by atoms with Gasteiger partial charge in [0.05, 0.1) is 0 Å². The lowest BCUT2D eigenvalue weighted by atomic mass is 10.0. The molecule has 2 N–H and O–H groups in total. The van der Waals surface area contributed by atoms with Crippen LogP contribution in [0.1, 0.15) is 43.0 Å². The molecule has 0 aliphatic rings. The summed E-state index contributed by atoms with van der Waals surface area (Å²) in [5.41, 5.74) is 7.25. The van der Waals surface area contributed by atoms with Gasteiger partial charge in [-0.15, -0.1) is 0 Å². The Morgan fingerprint density at radius 1 is 0.529 bits per heavy atom. The average Bonchev–Trinajstić information content (AvgIpc) is 2.85. The van der Waals surface area contributed by atoms with E-state index in [2.05, 4.69) is 10.6 Å². The van der Waals surface area contributed by atoms with Crippen molar-refractivity contribution in [1.82, 2.24) is 0 Å². The van der Waals surface area contributed by atoms with Crippen molar-refractivity contribution < 1.29 is 9.59 Å². The predicted molar refractivity (Wildman–Crippen MR) is 139 cm³/mol. The summed E-state index contributed by atoms with van der Waals surface area (Å²) in [6.45, 7) is 3.87. The first-order chi connectivity index (χ1) is 16.5. The van der Waals surface area contributed by atoms with E-state index in [9.17, 15) is 9.59 Å². The Kier molecular flexibility index (Phi) is 7.19. The molecule has 4 aromatic rings. The van der Waals surface area contributed by atoms with Crippen LogP contribution < -0.4 is 10.6 Å². The largest absolute Gasteiger partial charge is 0.322 e. The molecule has 0 saturated heterocycles. The summed E-state index contributed by atoms with van der Waals surface area (Å²) < 4.78 is 0. The molecule has 0 fully saturated rings. The quantitative estimate of drug-likeness (QED) is 0.335. The van der Waals surface area contributed by atoms with E-state index in [0.29, 0.717) is 11.1 Å². The lowest BCUT2D eigenvalue weighted by Crippen LogP contribution is -2.13. The van der Waals surface area contributed by atoms with Crippen LogP contribution >= 0.6 is 0 Å². The summed E-state index contributed by atoms with van der Waals surface area (Å²) in [5, 5.41) is 5.93.